The summed E-state index contributed by atoms with van der Waals surface area (Å²) in [4.78, 5) is 0. The molecule has 0 saturated carbocycles. The van der Waals surface area contributed by atoms with E-state index in [1.807, 2.05) is 60.7 Å². The van der Waals surface area contributed by atoms with Gasteiger partial charge in [-0.3, -0.25) is 0 Å². The second-order valence-corrected chi connectivity index (χ2v) is 11.9. The molecule has 4 aromatic rings. The first-order valence-corrected chi connectivity index (χ1v) is 17.2. The molecule has 2 nitrogen and oxygen atoms in total. The fourth-order valence-corrected chi connectivity index (χ4v) is 6.80. The van der Waals surface area contributed by atoms with Crippen LogP contribution < -0.4 is 8.92 Å². The van der Waals surface area contributed by atoms with E-state index in [1.54, 1.807) is 0 Å². The molecule has 0 unspecified atom stereocenters. The van der Waals surface area contributed by atoms with Gasteiger partial charge < -0.3 is 0 Å². The molecule has 0 saturated heterocycles. The van der Waals surface area contributed by atoms with E-state index < -0.39 is 0 Å². The normalized spacial score (nSPS) is 12.3. The molecule has 0 fully saturated rings. The first-order valence-electron chi connectivity index (χ1n) is 12.1. The van der Waals surface area contributed by atoms with Crippen LogP contribution in [-0.4, -0.2) is 29.9 Å². The monoisotopic (exact) mass is 622 g/mol. The molecule has 4 heteroatoms. The molecule has 4 rings (SSSR count). The molecule has 184 valence electrons. The molecule has 0 aromatic heterocycles. The summed E-state index contributed by atoms with van der Waals surface area (Å²) in [5.41, 5.74) is 6.80. The van der Waals surface area contributed by atoms with E-state index in [0.717, 1.165) is 33.4 Å². The van der Waals surface area contributed by atoms with Crippen LogP contribution in [0.15, 0.2) is 132 Å². The van der Waals surface area contributed by atoms with Crippen molar-refractivity contribution in [1.29, 1.82) is 10.5 Å². The van der Waals surface area contributed by atoms with Crippen molar-refractivity contribution in [1.82, 2.24) is 0 Å². The van der Waals surface area contributed by atoms with Crippen molar-refractivity contribution < 1.29 is 0 Å². The second kappa shape index (κ2) is 13.6. The summed E-state index contributed by atoms with van der Waals surface area (Å²) in [6.07, 6.45) is 3.76. The molecule has 0 bridgehead atoms. The third kappa shape index (κ3) is 6.33. The Hall–Kier alpha value is -3.88. The van der Waals surface area contributed by atoms with Crippen molar-refractivity contribution >= 4 is 50.0 Å². The summed E-state index contributed by atoms with van der Waals surface area (Å²) in [5, 5.41) is 20.7. The Morgan fingerprint density at radius 1 is 0.526 bits per heavy atom. The van der Waals surface area contributed by atoms with Crippen LogP contribution in [-0.2, 0) is 0 Å². The van der Waals surface area contributed by atoms with Gasteiger partial charge in [-0.15, -0.1) is 0 Å². The van der Waals surface area contributed by atoms with E-state index in [0.29, 0.717) is 11.1 Å². The molecule has 38 heavy (non-hydrogen) atoms. The van der Waals surface area contributed by atoms with Gasteiger partial charge in [-0.2, -0.15) is 0 Å². The Morgan fingerprint density at radius 2 is 0.868 bits per heavy atom. The van der Waals surface area contributed by atoms with Crippen LogP contribution in [0.1, 0.15) is 22.3 Å². The van der Waals surface area contributed by atoms with Gasteiger partial charge in [0.15, 0.2) is 0 Å². The maximum atomic E-state index is 10.3. The quantitative estimate of drug-likeness (QED) is 0.131. The first kappa shape index (κ1) is 27.2. The Morgan fingerprint density at radius 3 is 1.21 bits per heavy atom. The van der Waals surface area contributed by atoms with Crippen molar-refractivity contribution in [2.45, 2.75) is 11.6 Å². The number of nitrogens with zero attached hydrogens (tertiary/aromatic N) is 2. The predicted molar refractivity (Wildman–Crippen MR) is 161 cm³/mol. The average molecular weight is 621 g/mol. The van der Waals surface area contributed by atoms with Crippen LogP contribution in [0.5, 0.6) is 0 Å². The van der Waals surface area contributed by atoms with Crippen molar-refractivity contribution in [2.24, 2.45) is 0 Å². The van der Waals surface area contributed by atoms with E-state index in [9.17, 15) is 10.5 Å². The number of benzene rings is 4. The van der Waals surface area contributed by atoms with Crippen LogP contribution in [0.4, 0.5) is 0 Å². The number of nitriles is 2. The summed E-state index contributed by atoms with van der Waals surface area (Å²) >= 11 is 0.538. The molecule has 0 amide bonds. The zero-order valence-corrected chi connectivity index (χ0v) is 24.7. The predicted octanol–water partition coefficient (Wildman–Crippen LogP) is 6.35. The van der Waals surface area contributed by atoms with E-state index in [4.69, 9.17) is 0 Å². The number of hydrogen-bond donors (Lipinski definition) is 0. The van der Waals surface area contributed by atoms with Gasteiger partial charge in [0, 0.05) is 0 Å². The first-order chi connectivity index (χ1) is 18.7. The molecule has 0 spiro atoms. The Kier molecular flexibility index (Phi) is 9.72. The second-order valence-electron chi connectivity index (χ2n) is 8.30. The summed E-state index contributed by atoms with van der Waals surface area (Å²) in [6, 6.07) is 41.5. The summed E-state index contributed by atoms with van der Waals surface area (Å²) in [7, 11) is 0. The molecule has 0 heterocycles. The topological polar surface area (TPSA) is 47.6 Å². The van der Waals surface area contributed by atoms with E-state index in [-0.39, 0.29) is 29.9 Å². The minimum atomic E-state index is 0.269. The molecule has 0 radical (unpaired) electrons. The standard InChI is InChI=1S/C34H26N2Se2/c1-37-33-19-11-9-17-29(33)31(25-13-5-3-6-14-25)21-27(23-35)28(24-36)22-32(26-15-7-4-8-16-26)30-18-10-12-20-34(30)38-2/h3-22H,1-2H3. The Labute approximate surface area is 238 Å². The Bertz CT molecular complexity index is 1460. The zero-order chi connectivity index (χ0) is 26.7. The van der Waals surface area contributed by atoms with Gasteiger partial charge in [0.2, 0.25) is 0 Å². The number of hydrogen-bond acceptors (Lipinski definition) is 2. The molecule has 4 aromatic carbocycles. The van der Waals surface area contributed by atoms with Gasteiger partial charge in [0.25, 0.3) is 0 Å². The van der Waals surface area contributed by atoms with Crippen LogP contribution in [0.3, 0.4) is 0 Å². The molecular formula is C34H26N2Se2. The Balaban J connectivity index is 2.00. The van der Waals surface area contributed by atoms with E-state index >= 15 is 0 Å². The van der Waals surface area contributed by atoms with Crippen LogP contribution >= 0.6 is 0 Å². The van der Waals surface area contributed by atoms with Gasteiger partial charge in [0.05, 0.1) is 0 Å². The van der Waals surface area contributed by atoms with E-state index in [2.05, 4.69) is 84.4 Å². The molecule has 0 atom stereocenters. The summed E-state index contributed by atoms with van der Waals surface area (Å²) in [5.74, 6) is 4.38. The fourth-order valence-electron chi connectivity index (χ4n) is 4.23. The zero-order valence-electron chi connectivity index (χ0n) is 21.3. The molecule has 0 aliphatic carbocycles. The van der Waals surface area contributed by atoms with Crippen molar-refractivity contribution in [3.8, 4) is 12.1 Å². The third-order valence-electron chi connectivity index (χ3n) is 6.07. The summed E-state index contributed by atoms with van der Waals surface area (Å²) in [6.45, 7) is 0. The molecule has 0 N–H and O–H groups in total. The van der Waals surface area contributed by atoms with Crippen LogP contribution in [0.2, 0.25) is 11.6 Å². The van der Waals surface area contributed by atoms with E-state index in [1.165, 1.54) is 8.92 Å². The fraction of sp³-hybridized carbons (Fsp3) is 0.0588. The van der Waals surface area contributed by atoms with Crippen molar-refractivity contribution in [3.63, 3.8) is 0 Å². The van der Waals surface area contributed by atoms with Crippen LogP contribution in [0.25, 0.3) is 11.1 Å². The molecular weight excluding hydrogens is 594 g/mol. The van der Waals surface area contributed by atoms with Gasteiger partial charge in [-0.05, 0) is 0 Å². The third-order valence-corrected chi connectivity index (χ3v) is 9.41. The molecule has 0 aliphatic heterocycles. The number of allylic oxidation sites excluding steroid dienone is 4. The SMILES string of the molecule is C[Se]c1ccccc1C(=CC(C#N)=C(C#N)C=C(c1ccccc1)c1ccccc1[Se]C)c1ccccc1. The minimum absolute atomic E-state index is 0.269. The molecule has 0 aliphatic rings. The maximum absolute atomic E-state index is 10.3. The van der Waals surface area contributed by atoms with Gasteiger partial charge in [0.1, 0.15) is 0 Å². The average Bonchev–Trinajstić information content (AvgIpc) is 3.00. The van der Waals surface area contributed by atoms with Crippen LogP contribution in [0, 0.1) is 22.7 Å². The number of rotatable bonds is 8. The van der Waals surface area contributed by atoms with Gasteiger partial charge in [-0.25, -0.2) is 0 Å². The summed E-state index contributed by atoms with van der Waals surface area (Å²) < 4.78 is 2.51. The van der Waals surface area contributed by atoms with Crippen molar-refractivity contribution in [2.75, 3.05) is 0 Å². The van der Waals surface area contributed by atoms with Crippen molar-refractivity contribution in [3.05, 3.63) is 155 Å². The van der Waals surface area contributed by atoms with Gasteiger partial charge in [-0.1, -0.05) is 0 Å². The van der Waals surface area contributed by atoms with Gasteiger partial charge >= 0.3 is 239 Å².